The molecular weight excluding hydrogens is 426 g/mol. The molecule has 8 heteroatoms. The molecule has 1 amide bonds. The van der Waals surface area contributed by atoms with E-state index in [4.69, 9.17) is 4.74 Å². The van der Waals surface area contributed by atoms with Gasteiger partial charge in [-0.15, -0.1) is 0 Å². The Labute approximate surface area is 188 Å². The van der Waals surface area contributed by atoms with Crippen molar-refractivity contribution in [1.82, 2.24) is 14.6 Å². The zero-order valence-electron chi connectivity index (χ0n) is 18.6. The number of methoxy groups -OCH3 is 1. The van der Waals surface area contributed by atoms with Crippen LogP contribution in [0.4, 0.5) is 0 Å². The smallest absolute Gasteiger partial charge is 0.254 e. The van der Waals surface area contributed by atoms with Gasteiger partial charge in [-0.1, -0.05) is 13.0 Å². The first kappa shape index (κ1) is 22.4. The Morgan fingerprint density at radius 2 is 1.94 bits per heavy atom. The maximum atomic E-state index is 13.2. The molecule has 0 saturated carbocycles. The molecule has 2 aromatic carbocycles. The number of aromatic nitrogens is 1. The highest BCUT2D eigenvalue weighted by Gasteiger charge is 2.27. The Morgan fingerprint density at radius 1 is 1.19 bits per heavy atom. The minimum atomic E-state index is -3.61. The number of carbonyl (C=O) groups is 1. The van der Waals surface area contributed by atoms with Crippen molar-refractivity contribution in [2.24, 2.45) is 0 Å². The molecule has 1 aliphatic heterocycles. The number of sulfonamides is 1. The largest absolute Gasteiger partial charge is 0.497 e. The van der Waals surface area contributed by atoms with Gasteiger partial charge in [-0.2, -0.15) is 0 Å². The molecule has 1 saturated heterocycles. The third-order valence-corrected chi connectivity index (χ3v) is 7.77. The molecule has 1 aromatic heterocycles. The molecule has 0 bridgehead atoms. The number of aromatic amines is 1. The van der Waals surface area contributed by atoms with Crippen LogP contribution >= 0.6 is 0 Å². The number of amides is 1. The molecular formula is C24H29N3O4S. The summed E-state index contributed by atoms with van der Waals surface area (Å²) in [6.07, 6.45) is 3.76. The highest BCUT2D eigenvalue weighted by Crippen LogP contribution is 2.35. The van der Waals surface area contributed by atoms with Gasteiger partial charge in [0.15, 0.2) is 0 Å². The summed E-state index contributed by atoms with van der Waals surface area (Å²) in [5.41, 5.74) is 3.55. The quantitative estimate of drug-likeness (QED) is 0.591. The molecule has 0 spiro atoms. The molecule has 7 nitrogen and oxygen atoms in total. The molecule has 1 fully saturated rings. The summed E-state index contributed by atoms with van der Waals surface area (Å²) in [5.74, 6) is 1.06. The van der Waals surface area contributed by atoms with Crippen molar-refractivity contribution < 1.29 is 17.9 Å². The minimum absolute atomic E-state index is 0.116. The number of hydrogen-bond acceptors (Lipinski definition) is 4. The summed E-state index contributed by atoms with van der Waals surface area (Å²) in [6.45, 7) is 5.12. The number of rotatable bonds is 6. The van der Waals surface area contributed by atoms with Crippen molar-refractivity contribution in [3.63, 3.8) is 0 Å². The topological polar surface area (TPSA) is 91.5 Å². The summed E-state index contributed by atoms with van der Waals surface area (Å²) in [4.78, 5) is 18.5. The first-order valence-electron chi connectivity index (χ1n) is 10.9. The molecule has 0 aliphatic carbocycles. The number of nitrogens with zero attached hydrogens (tertiary/aromatic N) is 1. The number of hydrogen-bond donors (Lipinski definition) is 2. The summed E-state index contributed by atoms with van der Waals surface area (Å²) in [6, 6.07) is 10.8. The molecule has 2 heterocycles. The van der Waals surface area contributed by atoms with E-state index < -0.39 is 10.0 Å². The number of likely N-dealkylation sites (tertiary alicyclic amines) is 1. The normalized spacial score (nSPS) is 15.3. The second kappa shape index (κ2) is 8.96. The van der Waals surface area contributed by atoms with Crippen molar-refractivity contribution in [2.75, 3.05) is 26.7 Å². The molecule has 3 aromatic rings. The van der Waals surface area contributed by atoms with Gasteiger partial charge in [-0.25, -0.2) is 13.1 Å². The van der Waals surface area contributed by atoms with Crippen LogP contribution in [0.1, 0.15) is 47.2 Å². The van der Waals surface area contributed by atoms with Crippen molar-refractivity contribution in [3.8, 4) is 5.75 Å². The minimum Gasteiger partial charge on any atom is -0.497 e. The standard InChI is InChI=1S/C24H29N3O4S/c1-4-26-32(29,30)19-7-5-16(2)20(14-19)24(28)27-11-9-17(10-12-27)22-15-25-23-8-6-18(31-3)13-21(22)23/h5-8,13-15,17,25-26H,4,9-12H2,1-3H3. The molecule has 0 unspecified atom stereocenters. The van der Waals surface area contributed by atoms with Gasteiger partial charge in [0, 0.05) is 42.3 Å². The number of carbonyl (C=O) groups excluding carboxylic acids is 1. The summed E-state index contributed by atoms with van der Waals surface area (Å²) < 4.78 is 32.6. The van der Waals surface area contributed by atoms with Crippen LogP contribution in [-0.2, 0) is 10.0 Å². The Hall–Kier alpha value is -2.84. The van der Waals surface area contributed by atoms with Gasteiger partial charge in [0.2, 0.25) is 10.0 Å². The van der Waals surface area contributed by atoms with Gasteiger partial charge in [0.1, 0.15) is 5.75 Å². The molecule has 32 heavy (non-hydrogen) atoms. The fourth-order valence-electron chi connectivity index (χ4n) is 4.42. The van der Waals surface area contributed by atoms with Crippen LogP contribution in [0.3, 0.4) is 0 Å². The third-order valence-electron chi connectivity index (χ3n) is 6.23. The number of ether oxygens (including phenoxy) is 1. The number of benzene rings is 2. The maximum Gasteiger partial charge on any atom is 0.254 e. The Morgan fingerprint density at radius 3 is 2.62 bits per heavy atom. The molecule has 1 aliphatic rings. The lowest BCUT2D eigenvalue weighted by molar-refractivity contribution is 0.0712. The van der Waals surface area contributed by atoms with Gasteiger partial charge in [0.25, 0.3) is 5.91 Å². The van der Waals surface area contributed by atoms with Crippen LogP contribution in [0.25, 0.3) is 10.9 Å². The second-order valence-electron chi connectivity index (χ2n) is 8.20. The number of piperidine rings is 1. The summed E-state index contributed by atoms with van der Waals surface area (Å²) in [5, 5.41) is 1.16. The van der Waals surface area contributed by atoms with E-state index in [2.05, 4.69) is 22.0 Å². The van der Waals surface area contributed by atoms with Gasteiger partial charge in [0.05, 0.1) is 12.0 Å². The van der Waals surface area contributed by atoms with Crippen molar-refractivity contribution in [1.29, 1.82) is 0 Å². The van der Waals surface area contributed by atoms with Gasteiger partial charge >= 0.3 is 0 Å². The third kappa shape index (κ3) is 4.25. The zero-order chi connectivity index (χ0) is 22.9. The Balaban J connectivity index is 1.51. The SMILES string of the molecule is CCNS(=O)(=O)c1ccc(C)c(C(=O)N2CCC(c3c[nH]c4ccc(OC)cc34)CC2)c1. The van der Waals surface area contributed by atoms with Gasteiger partial charge in [-0.3, -0.25) is 4.79 Å². The molecule has 0 atom stereocenters. The van der Waals surface area contributed by atoms with E-state index in [0.717, 1.165) is 35.1 Å². The summed E-state index contributed by atoms with van der Waals surface area (Å²) >= 11 is 0. The fraction of sp³-hybridized carbons (Fsp3) is 0.375. The maximum absolute atomic E-state index is 13.2. The highest BCUT2D eigenvalue weighted by atomic mass is 32.2. The Kier molecular flexibility index (Phi) is 6.26. The van der Waals surface area contributed by atoms with E-state index in [-0.39, 0.29) is 10.8 Å². The molecule has 2 N–H and O–H groups in total. The van der Waals surface area contributed by atoms with Crippen LogP contribution in [0.2, 0.25) is 0 Å². The van der Waals surface area contributed by atoms with Crippen molar-refractivity contribution >= 4 is 26.8 Å². The molecule has 4 rings (SSSR count). The van der Waals surface area contributed by atoms with E-state index in [1.54, 1.807) is 26.2 Å². The van der Waals surface area contributed by atoms with E-state index in [0.29, 0.717) is 31.1 Å². The van der Waals surface area contributed by atoms with Crippen LogP contribution in [-0.4, -0.2) is 51.0 Å². The van der Waals surface area contributed by atoms with Crippen molar-refractivity contribution in [2.45, 2.75) is 37.5 Å². The predicted molar refractivity (Wildman–Crippen MR) is 125 cm³/mol. The number of H-pyrrole nitrogens is 1. The van der Waals surface area contributed by atoms with Gasteiger partial charge < -0.3 is 14.6 Å². The highest BCUT2D eigenvalue weighted by molar-refractivity contribution is 7.89. The van der Waals surface area contributed by atoms with Crippen LogP contribution < -0.4 is 9.46 Å². The predicted octanol–water partition coefficient (Wildman–Crippen LogP) is 3.80. The summed E-state index contributed by atoms with van der Waals surface area (Å²) in [7, 11) is -1.95. The second-order valence-corrected chi connectivity index (χ2v) is 9.97. The number of fused-ring (bicyclic) bond motifs is 1. The lowest BCUT2D eigenvalue weighted by Gasteiger charge is -2.32. The van der Waals surface area contributed by atoms with Gasteiger partial charge in [-0.05, 0) is 67.1 Å². The van der Waals surface area contributed by atoms with E-state index in [1.165, 1.54) is 11.6 Å². The van der Waals surface area contributed by atoms with E-state index in [9.17, 15) is 13.2 Å². The van der Waals surface area contributed by atoms with E-state index in [1.807, 2.05) is 24.0 Å². The average Bonchev–Trinajstić information content (AvgIpc) is 3.22. The van der Waals surface area contributed by atoms with E-state index >= 15 is 0 Å². The average molecular weight is 456 g/mol. The first-order chi connectivity index (χ1) is 15.3. The lowest BCUT2D eigenvalue weighted by Crippen LogP contribution is -2.38. The number of aryl methyl sites for hydroxylation is 1. The monoisotopic (exact) mass is 455 g/mol. The van der Waals surface area contributed by atoms with Crippen LogP contribution in [0, 0.1) is 6.92 Å². The Bertz CT molecular complexity index is 1240. The van der Waals surface area contributed by atoms with Crippen LogP contribution in [0.15, 0.2) is 47.5 Å². The van der Waals surface area contributed by atoms with Crippen molar-refractivity contribution in [3.05, 3.63) is 59.3 Å². The molecule has 0 radical (unpaired) electrons. The van der Waals surface area contributed by atoms with Crippen LogP contribution in [0.5, 0.6) is 5.75 Å². The lowest BCUT2D eigenvalue weighted by atomic mass is 9.89. The number of nitrogens with one attached hydrogen (secondary N) is 2. The first-order valence-corrected chi connectivity index (χ1v) is 12.4. The fourth-order valence-corrected chi connectivity index (χ4v) is 5.49. The molecule has 170 valence electrons. The zero-order valence-corrected chi connectivity index (χ0v) is 19.5.